The van der Waals surface area contributed by atoms with Gasteiger partial charge in [0.1, 0.15) is 0 Å². The second kappa shape index (κ2) is 6.21. The molecule has 2 aromatic heterocycles. The quantitative estimate of drug-likeness (QED) is 0.655. The predicted octanol–water partition coefficient (Wildman–Crippen LogP) is 4.75. The molecule has 4 rings (SSSR count). The van der Waals surface area contributed by atoms with E-state index in [0.717, 1.165) is 17.7 Å². The van der Waals surface area contributed by atoms with E-state index in [1.54, 1.807) is 12.3 Å². The van der Waals surface area contributed by atoms with Crippen molar-refractivity contribution < 1.29 is 17.6 Å². The number of fused-ring (bicyclic) bond motifs is 1. The summed E-state index contributed by atoms with van der Waals surface area (Å²) in [7, 11) is 0. The van der Waals surface area contributed by atoms with Gasteiger partial charge in [0.05, 0.1) is 22.3 Å². The van der Waals surface area contributed by atoms with Crippen LogP contribution in [0.25, 0.3) is 11.0 Å². The van der Waals surface area contributed by atoms with Gasteiger partial charge in [-0.25, -0.2) is 9.37 Å². The van der Waals surface area contributed by atoms with E-state index in [0.29, 0.717) is 35.8 Å². The second-order valence-electron chi connectivity index (χ2n) is 6.91. The first-order valence-electron chi connectivity index (χ1n) is 8.69. The Hall–Kier alpha value is -2.64. The van der Waals surface area contributed by atoms with Crippen molar-refractivity contribution in [1.29, 1.82) is 0 Å². The Kier molecular flexibility index (Phi) is 4.09. The number of aryl methyl sites for hydroxylation is 1. The number of hydrogen-bond donors (Lipinski definition) is 1. The first kappa shape index (κ1) is 17.8. The number of H-pyrrole nitrogens is 1. The molecule has 0 unspecified atom stereocenters. The molecule has 1 N–H and O–H groups in total. The summed E-state index contributed by atoms with van der Waals surface area (Å²) in [5.41, 5.74) is -0.177. The summed E-state index contributed by atoms with van der Waals surface area (Å²) in [6.07, 6.45) is -2.32. The molecule has 3 heterocycles. The Morgan fingerprint density at radius 1 is 1.15 bits per heavy atom. The summed E-state index contributed by atoms with van der Waals surface area (Å²) < 4.78 is 54.0. The molecular weight excluding hydrogens is 360 g/mol. The number of alkyl halides is 4. The fraction of sp³-hybridized carbons (Fsp3) is 0.368. The van der Waals surface area contributed by atoms with Crippen molar-refractivity contribution in [3.63, 3.8) is 0 Å². The van der Waals surface area contributed by atoms with Crippen LogP contribution < -0.4 is 4.90 Å². The van der Waals surface area contributed by atoms with E-state index >= 15 is 4.39 Å². The van der Waals surface area contributed by atoms with E-state index in [9.17, 15) is 13.2 Å². The molecule has 1 saturated heterocycles. The summed E-state index contributed by atoms with van der Waals surface area (Å²) in [6.45, 7) is 2.64. The molecule has 1 fully saturated rings. The Balaban J connectivity index is 1.55. The smallest absolute Gasteiger partial charge is 0.342 e. The van der Waals surface area contributed by atoms with Crippen LogP contribution in [0.15, 0.2) is 36.5 Å². The third kappa shape index (κ3) is 3.24. The number of imidazole rings is 1. The molecular formula is C19H18F4N4. The lowest BCUT2D eigenvalue weighted by Crippen LogP contribution is -2.41. The van der Waals surface area contributed by atoms with E-state index in [2.05, 4.69) is 15.0 Å². The van der Waals surface area contributed by atoms with Gasteiger partial charge in [0, 0.05) is 32.1 Å². The Bertz CT molecular complexity index is 971. The third-order valence-corrected chi connectivity index (χ3v) is 5.09. The SMILES string of the molecule is Cc1cccnc1C1(F)CCN(c2nc3ccc(C(F)(F)F)cc3[nH]2)CC1. The molecule has 8 heteroatoms. The number of piperidine rings is 1. The number of benzene rings is 1. The number of aromatic nitrogens is 3. The molecule has 0 spiro atoms. The molecule has 1 aliphatic heterocycles. The van der Waals surface area contributed by atoms with Crippen LogP contribution >= 0.6 is 0 Å². The van der Waals surface area contributed by atoms with Gasteiger partial charge < -0.3 is 9.88 Å². The molecule has 0 atom stereocenters. The number of hydrogen-bond acceptors (Lipinski definition) is 3. The molecule has 142 valence electrons. The van der Waals surface area contributed by atoms with E-state index < -0.39 is 17.4 Å². The van der Waals surface area contributed by atoms with Gasteiger partial charge in [0.2, 0.25) is 5.95 Å². The molecule has 0 bridgehead atoms. The van der Waals surface area contributed by atoms with Gasteiger partial charge in [-0.05, 0) is 36.8 Å². The van der Waals surface area contributed by atoms with Gasteiger partial charge in [-0.1, -0.05) is 6.07 Å². The zero-order chi connectivity index (χ0) is 19.2. The van der Waals surface area contributed by atoms with Gasteiger partial charge in [0.25, 0.3) is 0 Å². The minimum Gasteiger partial charge on any atom is -0.342 e. The largest absolute Gasteiger partial charge is 0.416 e. The van der Waals surface area contributed by atoms with Crippen LogP contribution in [0.1, 0.15) is 29.7 Å². The minimum atomic E-state index is -4.40. The molecule has 0 saturated carbocycles. The molecule has 0 amide bonds. The van der Waals surface area contributed by atoms with E-state index in [-0.39, 0.29) is 12.8 Å². The summed E-state index contributed by atoms with van der Waals surface area (Å²) in [4.78, 5) is 13.4. The zero-order valence-corrected chi connectivity index (χ0v) is 14.6. The highest BCUT2D eigenvalue weighted by atomic mass is 19.4. The van der Waals surface area contributed by atoms with Crippen molar-refractivity contribution in [3.05, 3.63) is 53.3 Å². The normalized spacial score (nSPS) is 17.4. The summed E-state index contributed by atoms with van der Waals surface area (Å²) in [5, 5.41) is 0. The fourth-order valence-electron chi connectivity index (χ4n) is 3.59. The minimum absolute atomic E-state index is 0.246. The molecule has 1 aliphatic rings. The maximum absolute atomic E-state index is 15.4. The van der Waals surface area contributed by atoms with Crippen molar-refractivity contribution in [1.82, 2.24) is 15.0 Å². The van der Waals surface area contributed by atoms with Gasteiger partial charge in [-0.15, -0.1) is 0 Å². The highest BCUT2D eigenvalue weighted by molar-refractivity contribution is 5.78. The Morgan fingerprint density at radius 3 is 2.56 bits per heavy atom. The lowest BCUT2D eigenvalue weighted by molar-refractivity contribution is -0.137. The maximum atomic E-state index is 15.4. The summed E-state index contributed by atoms with van der Waals surface area (Å²) in [6, 6.07) is 7.03. The Labute approximate surface area is 153 Å². The van der Waals surface area contributed by atoms with E-state index in [1.165, 1.54) is 6.07 Å². The van der Waals surface area contributed by atoms with E-state index in [4.69, 9.17) is 0 Å². The second-order valence-corrected chi connectivity index (χ2v) is 6.91. The first-order valence-corrected chi connectivity index (χ1v) is 8.69. The topological polar surface area (TPSA) is 44.8 Å². The van der Waals surface area contributed by atoms with Crippen LogP contribution in [-0.2, 0) is 11.8 Å². The van der Waals surface area contributed by atoms with Crippen LogP contribution in [0.5, 0.6) is 0 Å². The first-order chi connectivity index (χ1) is 12.8. The molecule has 1 aromatic carbocycles. The van der Waals surface area contributed by atoms with Crippen LogP contribution in [0.3, 0.4) is 0 Å². The standard InChI is InChI=1S/C19H18F4N4/c1-12-3-2-8-24-16(12)18(20)6-9-27(10-7-18)17-25-14-5-4-13(19(21,22)23)11-15(14)26-17/h2-5,8,11H,6-7,9-10H2,1H3,(H,25,26). The molecule has 4 nitrogen and oxygen atoms in total. The van der Waals surface area contributed by atoms with Crippen molar-refractivity contribution in [2.24, 2.45) is 0 Å². The highest BCUT2D eigenvalue weighted by Gasteiger charge is 2.39. The van der Waals surface area contributed by atoms with Gasteiger partial charge >= 0.3 is 6.18 Å². The maximum Gasteiger partial charge on any atom is 0.416 e. The monoisotopic (exact) mass is 378 g/mol. The van der Waals surface area contributed by atoms with Crippen LogP contribution in [0.4, 0.5) is 23.5 Å². The van der Waals surface area contributed by atoms with Crippen LogP contribution in [-0.4, -0.2) is 28.0 Å². The van der Waals surface area contributed by atoms with Crippen molar-refractivity contribution in [2.75, 3.05) is 18.0 Å². The Morgan fingerprint density at radius 2 is 1.89 bits per heavy atom. The number of nitrogens with one attached hydrogen (secondary N) is 1. The van der Waals surface area contributed by atoms with Gasteiger partial charge in [0.15, 0.2) is 5.67 Å². The third-order valence-electron chi connectivity index (χ3n) is 5.09. The lowest BCUT2D eigenvalue weighted by atomic mass is 9.87. The molecule has 0 radical (unpaired) electrons. The zero-order valence-electron chi connectivity index (χ0n) is 14.6. The molecule has 3 aromatic rings. The number of anilines is 1. The lowest BCUT2D eigenvalue weighted by Gasteiger charge is -2.36. The fourth-order valence-corrected chi connectivity index (χ4v) is 3.59. The number of halogens is 4. The van der Waals surface area contributed by atoms with Crippen LogP contribution in [0.2, 0.25) is 0 Å². The average molecular weight is 378 g/mol. The highest BCUT2D eigenvalue weighted by Crippen LogP contribution is 2.38. The van der Waals surface area contributed by atoms with Crippen molar-refractivity contribution in [2.45, 2.75) is 31.6 Å². The number of pyridine rings is 1. The van der Waals surface area contributed by atoms with Gasteiger partial charge in [-0.2, -0.15) is 13.2 Å². The molecule has 27 heavy (non-hydrogen) atoms. The number of nitrogens with zero attached hydrogens (tertiary/aromatic N) is 3. The number of rotatable bonds is 2. The van der Waals surface area contributed by atoms with Crippen molar-refractivity contribution in [3.8, 4) is 0 Å². The number of aromatic amines is 1. The average Bonchev–Trinajstić information content (AvgIpc) is 3.05. The van der Waals surface area contributed by atoms with Crippen LogP contribution in [0, 0.1) is 6.92 Å². The summed E-state index contributed by atoms with van der Waals surface area (Å²) >= 11 is 0. The van der Waals surface area contributed by atoms with Gasteiger partial charge in [-0.3, -0.25) is 4.98 Å². The van der Waals surface area contributed by atoms with E-state index in [1.807, 2.05) is 17.9 Å². The summed E-state index contributed by atoms with van der Waals surface area (Å²) in [5.74, 6) is 0.462. The van der Waals surface area contributed by atoms with Crippen molar-refractivity contribution >= 4 is 17.0 Å². The molecule has 0 aliphatic carbocycles. The predicted molar refractivity (Wildman–Crippen MR) is 94.3 cm³/mol.